The number of aliphatic hydroxyl groups excluding tert-OH is 1. The smallest absolute Gasteiger partial charge is 0.0445 e. The van der Waals surface area contributed by atoms with Crippen LogP contribution < -0.4 is 5.32 Å². The number of hydrogen-bond donors (Lipinski definition) is 2. The van der Waals surface area contributed by atoms with E-state index in [0.717, 1.165) is 24.3 Å². The summed E-state index contributed by atoms with van der Waals surface area (Å²) in [5.41, 5.74) is 0. The maximum atomic E-state index is 9.05. The zero-order chi connectivity index (χ0) is 10.7. The highest BCUT2D eigenvalue weighted by atomic mass is 16.3. The van der Waals surface area contributed by atoms with Crippen LogP contribution in [0.25, 0.3) is 0 Å². The summed E-state index contributed by atoms with van der Waals surface area (Å²) in [5, 5.41) is 12.8. The Morgan fingerprint density at radius 2 is 2.07 bits per heavy atom. The van der Waals surface area contributed by atoms with Crippen molar-refractivity contribution in [3.05, 3.63) is 0 Å². The number of hydrogen-bond acceptors (Lipinski definition) is 2. The monoisotopic (exact) mass is 211 g/mol. The molecule has 0 aliphatic heterocycles. The average molecular weight is 211 g/mol. The standard InChI is InChI=1S/C13H25NO/c1-2-10-3-6-12(9-10)14-13(7-8-15)11-4-5-11/h10-15H,2-9H2,1H3. The van der Waals surface area contributed by atoms with Crippen LogP contribution in [0.4, 0.5) is 0 Å². The molecule has 2 aliphatic rings. The highest BCUT2D eigenvalue weighted by molar-refractivity contribution is 4.90. The van der Waals surface area contributed by atoms with Crippen molar-refractivity contribution in [2.24, 2.45) is 11.8 Å². The van der Waals surface area contributed by atoms with Crippen LogP contribution in [0.15, 0.2) is 0 Å². The summed E-state index contributed by atoms with van der Waals surface area (Å²) in [6, 6.07) is 1.35. The summed E-state index contributed by atoms with van der Waals surface area (Å²) in [6.07, 6.45) is 9.18. The molecule has 0 amide bonds. The van der Waals surface area contributed by atoms with Gasteiger partial charge in [-0.25, -0.2) is 0 Å². The van der Waals surface area contributed by atoms with E-state index in [1.165, 1.54) is 38.5 Å². The lowest BCUT2D eigenvalue weighted by Gasteiger charge is -2.22. The molecule has 0 aromatic heterocycles. The SMILES string of the molecule is CCC1CCC(NC(CCO)C2CC2)C1. The summed E-state index contributed by atoms with van der Waals surface area (Å²) < 4.78 is 0. The van der Waals surface area contributed by atoms with Gasteiger partial charge in [-0.2, -0.15) is 0 Å². The second-order valence-electron chi connectivity index (χ2n) is 5.41. The number of nitrogens with one attached hydrogen (secondary N) is 1. The molecule has 0 radical (unpaired) electrons. The fourth-order valence-corrected chi connectivity index (χ4v) is 2.99. The summed E-state index contributed by atoms with van der Waals surface area (Å²) in [4.78, 5) is 0. The second kappa shape index (κ2) is 5.31. The lowest BCUT2D eigenvalue weighted by molar-refractivity contribution is 0.247. The van der Waals surface area contributed by atoms with Crippen molar-refractivity contribution in [1.29, 1.82) is 0 Å². The van der Waals surface area contributed by atoms with Gasteiger partial charge in [-0.05, 0) is 50.4 Å². The van der Waals surface area contributed by atoms with Crippen LogP contribution in [0.5, 0.6) is 0 Å². The molecule has 0 bridgehead atoms. The normalized spacial score (nSPS) is 33.2. The van der Waals surface area contributed by atoms with Crippen LogP contribution in [0.2, 0.25) is 0 Å². The van der Waals surface area contributed by atoms with E-state index >= 15 is 0 Å². The molecule has 0 aromatic rings. The molecule has 0 aromatic carbocycles. The van der Waals surface area contributed by atoms with E-state index in [4.69, 9.17) is 5.11 Å². The highest BCUT2D eigenvalue weighted by Gasteiger charge is 2.33. The van der Waals surface area contributed by atoms with Gasteiger partial charge >= 0.3 is 0 Å². The molecule has 2 saturated carbocycles. The molecule has 2 N–H and O–H groups in total. The minimum atomic E-state index is 0.345. The Hall–Kier alpha value is -0.0800. The van der Waals surface area contributed by atoms with E-state index in [2.05, 4.69) is 12.2 Å². The van der Waals surface area contributed by atoms with E-state index in [9.17, 15) is 0 Å². The fourth-order valence-electron chi connectivity index (χ4n) is 2.99. The van der Waals surface area contributed by atoms with E-state index in [1.54, 1.807) is 0 Å². The fraction of sp³-hybridized carbons (Fsp3) is 1.00. The third-order valence-corrected chi connectivity index (χ3v) is 4.20. The molecule has 2 fully saturated rings. The summed E-state index contributed by atoms with van der Waals surface area (Å²) in [5.74, 6) is 1.83. The average Bonchev–Trinajstić information content (AvgIpc) is 2.99. The van der Waals surface area contributed by atoms with Gasteiger partial charge in [0, 0.05) is 18.7 Å². The Labute approximate surface area is 93.5 Å². The maximum Gasteiger partial charge on any atom is 0.0445 e. The first kappa shape index (κ1) is 11.4. The van der Waals surface area contributed by atoms with E-state index in [1.807, 2.05) is 0 Å². The van der Waals surface area contributed by atoms with Crippen LogP contribution >= 0.6 is 0 Å². The summed E-state index contributed by atoms with van der Waals surface area (Å²) in [6.45, 7) is 2.65. The van der Waals surface area contributed by atoms with Gasteiger partial charge in [0.05, 0.1) is 0 Å². The van der Waals surface area contributed by atoms with Crippen LogP contribution in [-0.2, 0) is 0 Å². The maximum absolute atomic E-state index is 9.05. The minimum Gasteiger partial charge on any atom is -0.396 e. The molecule has 2 aliphatic carbocycles. The minimum absolute atomic E-state index is 0.345. The van der Waals surface area contributed by atoms with Crippen molar-refractivity contribution in [3.63, 3.8) is 0 Å². The van der Waals surface area contributed by atoms with Gasteiger partial charge in [0.2, 0.25) is 0 Å². The molecule has 3 atom stereocenters. The first-order chi connectivity index (χ1) is 7.33. The van der Waals surface area contributed by atoms with Crippen molar-refractivity contribution < 1.29 is 5.11 Å². The van der Waals surface area contributed by atoms with Gasteiger partial charge in [0.15, 0.2) is 0 Å². The third kappa shape index (κ3) is 3.18. The molecule has 2 nitrogen and oxygen atoms in total. The molecule has 0 spiro atoms. The zero-order valence-electron chi connectivity index (χ0n) is 9.91. The van der Waals surface area contributed by atoms with E-state index in [0.29, 0.717) is 12.6 Å². The Balaban J connectivity index is 1.74. The molecule has 0 heterocycles. The Kier molecular flexibility index (Phi) is 4.04. The zero-order valence-corrected chi connectivity index (χ0v) is 9.91. The second-order valence-corrected chi connectivity index (χ2v) is 5.41. The molecular formula is C13H25NO. The predicted molar refractivity (Wildman–Crippen MR) is 62.8 cm³/mol. The van der Waals surface area contributed by atoms with Crippen molar-refractivity contribution >= 4 is 0 Å². The lowest BCUT2D eigenvalue weighted by atomic mass is 10.0. The highest BCUT2D eigenvalue weighted by Crippen LogP contribution is 2.36. The third-order valence-electron chi connectivity index (χ3n) is 4.20. The number of aliphatic hydroxyl groups is 1. The number of rotatable bonds is 6. The Morgan fingerprint density at radius 1 is 1.27 bits per heavy atom. The summed E-state index contributed by atoms with van der Waals surface area (Å²) in [7, 11) is 0. The molecular weight excluding hydrogens is 186 g/mol. The van der Waals surface area contributed by atoms with E-state index in [-0.39, 0.29) is 0 Å². The van der Waals surface area contributed by atoms with Crippen LogP contribution in [0.3, 0.4) is 0 Å². The summed E-state index contributed by atoms with van der Waals surface area (Å²) >= 11 is 0. The molecule has 15 heavy (non-hydrogen) atoms. The Morgan fingerprint density at radius 3 is 2.60 bits per heavy atom. The Bertz CT molecular complexity index is 191. The van der Waals surface area contributed by atoms with Gasteiger partial charge in [-0.3, -0.25) is 0 Å². The van der Waals surface area contributed by atoms with Crippen molar-refractivity contribution in [2.45, 2.75) is 64.0 Å². The topological polar surface area (TPSA) is 32.3 Å². The van der Waals surface area contributed by atoms with Gasteiger partial charge in [0.1, 0.15) is 0 Å². The largest absolute Gasteiger partial charge is 0.396 e. The van der Waals surface area contributed by atoms with Crippen molar-refractivity contribution in [1.82, 2.24) is 5.32 Å². The van der Waals surface area contributed by atoms with Crippen molar-refractivity contribution in [3.8, 4) is 0 Å². The van der Waals surface area contributed by atoms with Gasteiger partial charge < -0.3 is 10.4 Å². The first-order valence-corrected chi connectivity index (χ1v) is 6.70. The van der Waals surface area contributed by atoms with E-state index < -0.39 is 0 Å². The molecule has 88 valence electrons. The lowest BCUT2D eigenvalue weighted by Crippen LogP contribution is -2.39. The van der Waals surface area contributed by atoms with Crippen LogP contribution in [0.1, 0.15) is 51.9 Å². The molecule has 2 rings (SSSR count). The van der Waals surface area contributed by atoms with Crippen LogP contribution in [0, 0.1) is 11.8 Å². The van der Waals surface area contributed by atoms with Crippen molar-refractivity contribution in [2.75, 3.05) is 6.61 Å². The molecule has 3 unspecified atom stereocenters. The van der Waals surface area contributed by atoms with Gasteiger partial charge in [-0.15, -0.1) is 0 Å². The first-order valence-electron chi connectivity index (χ1n) is 6.70. The molecule has 0 saturated heterocycles. The quantitative estimate of drug-likeness (QED) is 0.706. The predicted octanol–water partition coefficient (Wildman–Crippen LogP) is 2.32. The molecule has 2 heteroatoms. The van der Waals surface area contributed by atoms with Gasteiger partial charge in [-0.1, -0.05) is 13.3 Å². The van der Waals surface area contributed by atoms with Gasteiger partial charge in [0.25, 0.3) is 0 Å². The van der Waals surface area contributed by atoms with Crippen LogP contribution in [-0.4, -0.2) is 23.8 Å².